The molecule has 13 heavy (non-hydrogen) atoms. The number of carbonyl (C=O) groups is 1. The Hall–Kier alpha value is -0.440. The molecule has 0 spiro atoms. The Morgan fingerprint density at radius 3 is 2.38 bits per heavy atom. The maximum atomic E-state index is 10.6. The van der Waals surface area contributed by atoms with E-state index in [-0.39, 0.29) is 16.5 Å². The van der Waals surface area contributed by atoms with Crippen LogP contribution in [0.4, 0.5) is 0 Å². The van der Waals surface area contributed by atoms with Crippen LogP contribution in [0.5, 0.6) is 0 Å². The summed E-state index contributed by atoms with van der Waals surface area (Å²) in [7, 11) is 0. The smallest absolute Gasteiger partial charge is 0.221 e. The minimum Gasteiger partial charge on any atom is -0.369 e. The van der Waals surface area contributed by atoms with Crippen molar-refractivity contribution < 1.29 is 4.79 Å². The molecule has 0 radical (unpaired) electrons. The molecule has 0 unspecified atom stereocenters. The van der Waals surface area contributed by atoms with Crippen molar-refractivity contribution in [1.82, 2.24) is 0 Å². The first-order valence-corrected chi connectivity index (χ1v) is 4.56. The van der Waals surface area contributed by atoms with E-state index in [0.29, 0.717) is 10.6 Å². The van der Waals surface area contributed by atoms with Gasteiger partial charge in [0.05, 0.1) is 21.5 Å². The molecular weight excluding hydrogens is 232 g/mol. The van der Waals surface area contributed by atoms with Gasteiger partial charge < -0.3 is 5.73 Å². The summed E-state index contributed by atoms with van der Waals surface area (Å²) in [6, 6.07) is 3.20. The molecule has 2 nitrogen and oxygen atoms in total. The molecular formula is C8H6Cl3NO. The first kappa shape index (κ1) is 10.6. The van der Waals surface area contributed by atoms with Gasteiger partial charge in [-0.3, -0.25) is 4.79 Å². The van der Waals surface area contributed by atoms with Crippen LogP contribution in [-0.4, -0.2) is 5.91 Å². The molecule has 0 heterocycles. The number of rotatable bonds is 2. The standard InChI is InChI=1S/C8H6Cl3NO/c9-5-2-1-4(3-6(12)13)7(10)8(5)11/h1-2H,3H2,(H2,12,13). The van der Waals surface area contributed by atoms with Crippen molar-refractivity contribution in [1.29, 1.82) is 0 Å². The summed E-state index contributed by atoms with van der Waals surface area (Å²) in [6.45, 7) is 0. The van der Waals surface area contributed by atoms with Gasteiger partial charge in [0.25, 0.3) is 0 Å². The molecule has 5 heteroatoms. The lowest BCUT2D eigenvalue weighted by Gasteiger charge is -2.04. The second-order valence-electron chi connectivity index (χ2n) is 2.48. The number of carbonyl (C=O) groups excluding carboxylic acids is 1. The molecule has 0 aromatic heterocycles. The fourth-order valence-electron chi connectivity index (χ4n) is 0.890. The van der Waals surface area contributed by atoms with E-state index in [4.69, 9.17) is 40.5 Å². The van der Waals surface area contributed by atoms with Crippen LogP contribution in [0.15, 0.2) is 12.1 Å². The first-order valence-electron chi connectivity index (χ1n) is 3.43. The molecule has 0 saturated heterocycles. The van der Waals surface area contributed by atoms with Crippen LogP contribution in [0.2, 0.25) is 15.1 Å². The van der Waals surface area contributed by atoms with Gasteiger partial charge in [-0.15, -0.1) is 0 Å². The molecule has 0 atom stereocenters. The topological polar surface area (TPSA) is 43.1 Å². The van der Waals surface area contributed by atoms with Gasteiger partial charge in [0.1, 0.15) is 0 Å². The predicted octanol–water partition coefficient (Wildman–Crippen LogP) is 2.67. The van der Waals surface area contributed by atoms with Crippen molar-refractivity contribution >= 4 is 40.7 Å². The van der Waals surface area contributed by atoms with Gasteiger partial charge in [-0.2, -0.15) is 0 Å². The lowest BCUT2D eigenvalue weighted by atomic mass is 10.1. The molecule has 0 saturated carbocycles. The summed E-state index contributed by atoms with van der Waals surface area (Å²) in [5.41, 5.74) is 5.59. The Kier molecular flexibility index (Phi) is 3.42. The molecule has 0 aliphatic carbocycles. The molecule has 0 aliphatic rings. The van der Waals surface area contributed by atoms with Crippen LogP contribution in [0.3, 0.4) is 0 Å². The summed E-state index contributed by atoms with van der Waals surface area (Å²) < 4.78 is 0. The highest BCUT2D eigenvalue weighted by Gasteiger charge is 2.09. The summed E-state index contributed by atoms with van der Waals surface area (Å²) in [6.07, 6.45) is 0.0652. The van der Waals surface area contributed by atoms with Crippen molar-refractivity contribution in [3.8, 4) is 0 Å². The van der Waals surface area contributed by atoms with Crippen molar-refractivity contribution in [2.75, 3.05) is 0 Å². The zero-order valence-corrected chi connectivity index (χ0v) is 8.75. The largest absolute Gasteiger partial charge is 0.369 e. The molecule has 1 aromatic carbocycles. The van der Waals surface area contributed by atoms with Crippen LogP contribution in [-0.2, 0) is 11.2 Å². The minimum absolute atomic E-state index is 0.0652. The summed E-state index contributed by atoms with van der Waals surface area (Å²) in [5.74, 6) is -0.458. The van der Waals surface area contributed by atoms with Gasteiger partial charge in [0.15, 0.2) is 0 Å². The Morgan fingerprint density at radius 2 is 1.85 bits per heavy atom. The highest BCUT2D eigenvalue weighted by atomic mass is 35.5. The average Bonchev–Trinajstić information content (AvgIpc) is 2.06. The maximum absolute atomic E-state index is 10.6. The van der Waals surface area contributed by atoms with E-state index in [1.54, 1.807) is 12.1 Å². The normalized spacial score (nSPS) is 10.1. The monoisotopic (exact) mass is 237 g/mol. The van der Waals surface area contributed by atoms with Crippen LogP contribution in [0, 0.1) is 0 Å². The van der Waals surface area contributed by atoms with E-state index in [2.05, 4.69) is 0 Å². The SMILES string of the molecule is NC(=O)Cc1ccc(Cl)c(Cl)c1Cl. The van der Waals surface area contributed by atoms with E-state index in [9.17, 15) is 4.79 Å². The number of amides is 1. The number of benzene rings is 1. The number of hydrogen-bond donors (Lipinski definition) is 1. The van der Waals surface area contributed by atoms with Crippen molar-refractivity contribution in [3.63, 3.8) is 0 Å². The molecule has 70 valence electrons. The molecule has 1 amide bonds. The first-order chi connectivity index (χ1) is 6.02. The van der Waals surface area contributed by atoms with Crippen molar-refractivity contribution in [2.24, 2.45) is 5.73 Å². The fourth-order valence-corrected chi connectivity index (χ4v) is 1.51. The highest BCUT2D eigenvalue weighted by Crippen LogP contribution is 2.32. The third kappa shape index (κ3) is 2.50. The highest BCUT2D eigenvalue weighted by molar-refractivity contribution is 6.48. The number of hydrogen-bond acceptors (Lipinski definition) is 1. The predicted molar refractivity (Wildman–Crippen MR) is 54.4 cm³/mol. The van der Waals surface area contributed by atoms with Crippen LogP contribution in [0.25, 0.3) is 0 Å². The number of primary amides is 1. The van der Waals surface area contributed by atoms with Gasteiger partial charge in [-0.25, -0.2) is 0 Å². The van der Waals surface area contributed by atoms with E-state index >= 15 is 0 Å². The Morgan fingerprint density at radius 1 is 1.23 bits per heavy atom. The third-order valence-electron chi connectivity index (χ3n) is 1.48. The molecule has 0 aliphatic heterocycles. The Labute approximate surface area is 90.6 Å². The number of nitrogens with two attached hydrogens (primary N) is 1. The quantitative estimate of drug-likeness (QED) is 0.791. The fraction of sp³-hybridized carbons (Fsp3) is 0.125. The van der Waals surface area contributed by atoms with Crippen LogP contribution >= 0.6 is 34.8 Å². The molecule has 1 aromatic rings. The van der Waals surface area contributed by atoms with E-state index in [1.807, 2.05) is 0 Å². The minimum atomic E-state index is -0.458. The number of halogens is 3. The summed E-state index contributed by atoms with van der Waals surface area (Å²) in [4.78, 5) is 10.6. The third-order valence-corrected chi connectivity index (χ3v) is 2.81. The van der Waals surface area contributed by atoms with Gasteiger partial charge in [-0.05, 0) is 11.6 Å². The second-order valence-corrected chi connectivity index (χ2v) is 3.64. The lowest BCUT2D eigenvalue weighted by molar-refractivity contribution is -0.117. The van der Waals surface area contributed by atoms with Gasteiger partial charge in [-0.1, -0.05) is 40.9 Å². The molecule has 2 N–H and O–H groups in total. The van der Waals surface area contributed by atoms with Gasteiger partial charge in [0, 0.05) is 0 Å². The zero-order chi connectivity index (χ0) is 10.0. The van der Waals surface area contributed by atoms with E-state index < -0.39 is 5.91 Å². The van der Waals surface area contributed by atoms with E-state index in [1.165, 1.54) is 0 Å². The molecule has 0 fully saturated rings. The van der Waals surface area contributed by atoms with Crippen molar-refractivity contribution in [3.05, 3.63) is 32.8 Å². The lowest BCUT2D eigenvalue weighted by Crippen LogP contribution is -2.13. The van der Waals surface area contributed by atoms with Crippen molar-refractivity contribution in [2.45, 2.75) is 6.42 Å². The average molecular weight is 239 g/mol. The zero-order valence-electron chi connectivity index (χ0n) is 6.48. The van der Waals surface area contributed by atoms with Crippen LogP contribution < -0.4 is 5.73 Å². The van der Waals surface area contributed by atoms with Crippen LogP contribution in [0.1, 0.15) is 5.56 Å². The summed E-state index contributed by atoms with van der Waals surface area (Å²) >= 11 is 17.3. The Balaban J connectivity index is 3.10. The van der Waals surface area contributed by atoms with E-state index in [0.717, 1.165) is 0 Å². The second kappa shape index (κ2) is 4.18. The van der Waals surface area contributed by atoms with Gasteiger partial charge >= 0.3 is 0 Å². The molecule has 1 rings (SSSR count). The van der Waals surface area contributed by atoms with Gasteiger partial charge in [0.2, 0.25) is 5.91 Å². The maximum Gasteiger partial charge on any atom is 0.221 e. The Bertz CT molecular complexity index is 351. The molecule has 0 bridgehead atoms. The summed E-state index contributed by atoms with van der Waals surface area (Å²) in [5, 5.41) is 0.898.